The fourth-order valence-corrected chi connectivity index (χ4v) is 4.53. The van der Waals surface area contributed by atoms with Crippen molar-refractivity contribution in [2.75, 3.05) is 13.1 Å². The van der Waals surface area contributed by atoms with Gasteiger partial charge in [0.05, 0.1) is 16.0 Å². The van der Waals surface area contributed by atoms with Crippen molar-refractivity contribution >= 4 is 27.8 Å². The van der Waals surface area contributed by atoms with Crippen LogP contribution in [0.2, 0.25) is 0 Å². The number of carbonyl (C=O) groups excluding carboxylic acids is 1. The van der Waals surface area contributed by atoms with Crippen molar-refractivity contribution in [1.82, 2.24) is 9.73 Å². The van der Waals surface area contributed by atoms with E-state index < -0.39 is 20.9 Å². The summed E-state index contributed by atoms with van der Waals surface area (Å²) in [6, 6.07) is 8.92. The van der Waals surface area contributed by atoms with Crippen LogP contribution in [0.4, 0.5) is 5.69 Å². The molecule has 0 radical (unpaired) electrons. The molecule has 0 spiro atoms. The highest BCUT2D eigenvalue weighted by Gasteiger charge is 2.25. The molecule has 1 aliphatic heterocycles. The third-order valence-corrected chi connectivity index (χ3v) is 6.57. The summed E-state index contributed by atoms with van der Waals surface area (Å²) in [6.45, 7) is 0.980. The summed E-state index contributed by atoms with van der Waals surface area (Å²) in [5, 5.41) is 24.2. The fraction of sp³-hybridized carbons (Fsp3) is 0.263. The lowest BCUT2D eigenvalue weighted by atomic mass is 10.2. The molecule has 158 valence electrons. The number of sulfonamides is 1. The van der Waals surface area contributed by atoms with Gasteiger partial charge in [-0.25, -0.2) is 13.8 Å². The number of nitrogens with zero attached hydrogens (tertiary/aromatic N) is 3. The van der Waals surface area contributed by atoms with Crippen LogP contribution in [0.25, 0.3) is 0 Å². The maximum Gasteiger partial charge on any atom is 0.271 e. The largest absolute Gasteiger partial charge is 0.507 e. The number of phenols is 1. The smallest absolute Gasteiger partial charge is 0.271 e. The van der Waals surface area contributed by atoms with E-state index in [0.29, 0.717) is 13.1 Å². The number of phenolic OH excluding ortho intramolecular Hbond substituents is 1. The molecule has 1 fully saturated rings. The number of hydrazone groups is 1. The van der Waals surface area contributed by atoms with Crippen LogP contribution in [0.5, 0.6) is 5.75 Å². The number of amides is 1. The Morgan fingerprint density at radius 3 is 2.43 bits per heavy atom. The van der Waals surface area contributed by atoms with E-state index in [2.05, 4.69) is 10.5 Å². The molecule has 2 N–H and O–H groups in total. The summed E-state index contributed by atoms with van der Waals surface area (Å²) in [4.78, 5) is 22.5. The second-order valence-corrected chi connectivity index (χ2v) is 8.63. The van der Waals surface area contributed by atoms with Gasteiger partial charge in [-0.15, -0.1) is 0 Å². The van der Waals surface area contributed by atoms with Crippen LogP contribution < -0.4 is 5.43 Å². The second-order valence-electron chi connectivity index (χ2n) is 6.69. The minimum atomic E-state index is -3.58. The van der Waals surface area contributed by atoms with E-state index in [4.69, 9.17) is 0 Å². The van der Waals surface area contributed by atoms with Crippen LogP contribution in [0.1, 0.15) is 35.2 Å². The number of rotatable bonds is 6. The van der Waals surface area contributed by atoms with Gasteiger partial charge >= 0.3 is 0 Å². The van der Waals surface area contributed by atoms with Crippen LogP contribution >= 0.6 is 0 Å². The molecule has 10 nitrogen and oxygen atoms in total. The van der Waals surface area contributed by atoms with E-state index in [1.54, 1.807) is 0 Å². The minimum Gasteiger partial charge on any atom is -0.507 e. The number of carbonyl (C=O) groups is 1. The van der Waals surface area contributed by atoms with Gasteiger partial charge in [0.1, 0.15) is 5.75 Å². The molecule has 2 aromatic carbocycles. The van der Waals surface area contributed by atoms with Gasteiger partial charge < -0.3 is 5.11 Å². The highest BCUT2D eigenvalue weighted by atomic mass is 32.2. The SMILES string of the molecule is O=C(NN=Cc1cc([N+](=O)[O-])ccc1O)c1ccc(S(=O)(=O)N2CCCCC2)cc1. The maximum atomic E-state index is 12.6. The number of piperidine rings is 1. The molecule has 0 atom stereocenters. The van der Waals surface area contributed by atoms with Gasteiger partial charge in [-0.3, -0.25) is 14.9 Å². The molecular weight excluding hydrogens is 412 g/mol. The molecule has 30 heavy (non-hydrogen) atoms. The predicted molar refractivity (Wildman–Crippen MR) is 109 cm³/mol. The molecule has 2 aromatic rings. The lowest BCUT2D eigenvalue weighted by molar-refractivity contribution is -0.384. The molecule has 0 bridgehead atoms. The Morgan fingerprint density at radius 2 is 1.80 bits per heavy atom. The van der Waals surface area contributed by atoms with Gasteiger partial charge in [-0.05, 0) is 43.2 Å². The number of aromatic hydroxyl groups is 1. The molecule has 0 unspecified atom stereocenters. The summed E-state index contributed by atoms with van der Waals surface area (Å²) in [5.74, 6) is -0.830. The van der Waals surface area contributed by atoms with Gasteiger partial charge in [-0.2, -0.15) is 9.41 Å². The number of hydrogen-bond acceptors (Lipinski definition) is 7. The number of hydrogen-bond donors (Lipinski definition) is 2. The zero-order valence-corrected chi connectivity index (χ0v) is 16.7. The Hall–Kier alpha value is -3.31. The Kier molecular flexibility index (Phi) is 6.43. The summed E-state index contributed by atoms with van der Waals surface area (Å²) in [5.41, 5.74) is 2.25. The quantitative estimate of drug-likeness (QED) is 0.407. The molecule has 0 aromatic heterocycles. The molecule has 0 aliphatic carbocycles. The first-order chi connectivity index (χ1) is 14.3. The van der Waals surface area contributed by atoms with Crippen LogP contribution in [-0.2, 0) is 10.0 Å². The van der Waals surface area contributed by atoms with E-state index in [1.165, 1.54) is 28.6 Å². The van der Waals surface area contributed by atoms with Gasteiger partial charge in [0.25, 0.3) is 11.6 Å². The van der Waals surface area contributed by atoms with E-state index in [9.17, 15) is 28.4 Å². The predicted octanol–water partition coefficient (Wildman–Crippen LogP) is 2.24. The number of nitro benzene ring substituents is 1. The number of benzene rings is 2. The Balaban J connectivity index is 1.67. The topological polar surface area (TPSA) is 142 Å². The van der Waals surface area contributed by atoms with Crippen molar-refractivity contribution in [2.24, 2.45) is 5.10 Å². The van der Waals surface area contributed by atoms with E-state index in [0.717, 1.165) is 43.7 Å². The molecule has 1 aliphatic rings. The molecule has 1 saturated heterocycles. The molecule has 0 saturated carbocycles. The average molecular weight is 432 g/mol. The van der Waals surface area contributed by atoms with Crippen LogP contribution in [0.15, 0.2) is 52.5 Å². The highest BCUT2D eigenvalue weighted by Crippen LogP contribution is 2.22. The monoisotopic (exact) mass is 432 g/mol. The minimum absolute atomic E-state index is 0.0625. The lowest BCUT2D eigenvalue weighted by Gasteiger charge is -2.25. The zero-order chi connectivity index (χ0) is 21.7. The van der Waals surface area contributed by atoms with Crippen molar-refractivity contribution in [1.29, 1.82) is 0 Å². The fourth-order valence-electron chi connectivity index (χ4n) is 3.02. The number of nitrogens with one attached hydrogen (secondary N) is 1. The molecule has 11 heteroatoms. The van der Waals surface area contributed by atoms with Crippen molar-refractivity contribution in [3.05, 3.63) is 63.7 Å². The van der Waals surface area contributed by atoms with Gasteiger partial charge in [-0.1, -0.05) is 6.42 Å². The first-order valence-electron chi connectivity index (χ1n) is 9.20. The number of nitro groups is 1. The van der Waals surface area contributed by atoms with Crippen LogP contribution in [-0.4, -0.2) is 48.0 Å². The number of non-ortho nitro benzene ring substituents is 1. The Bertz CT molecular complexity index is 1080. The standard InChI is InChI=1S/C19H20N4O6S/c24-18-9-6-16(23(26)27)12-15(18)13-20-21-19(25)14-4-7-17(8-5-14)30(28,29)22-10-2-1-3-11-22/h4-9,12-13,24H,1-3,10-11H2,(H,21,25). The van der Waals surface area contributed by atoms with E-state index in [-0.39, 0.29) is 27.5 Å². The highest BCUT2D eigenvalue weighted by molar-refractivity contribution is 7.89. The second kappa shape index (κ2) is 9.01. The average Bonchev–Trinajstić information content (AvgIpc) is 2.75. The molecule has 1 amide bonds. The van der Waals surface area contributed by atoms with E-state index in [1.807, 2.05) is 0 Å². The Labute approximate surface area is 173 Å². The summed E-state index contributed by atoms with van der Waals surface area (Å²) < 4.78 is 26.7. The van der Waals surface area contributed by atoms with Gasteiger partial charge in [0.2, 0.25) is 10.0 Å². The van der Waals surface area contributed by atoms with Gasteiger partial charge in [0.15, 0.2) is 0 Å². The van der Waals surface area contributed by atoms with E-state index >= 15 is 0 Å². The zero-order valence-electron chi connectivity index (χ0n) is 15.9. The molecule has 1 heterocycles. The normalized spacial score (nSPS) is 15.2. The first-order valence-corrected chi connectivity index (χ1v) is 10.6. The van der Waals surface area contributed by atoms with Crippen molar-refractivity contribution < 1.29 is 23.2 Å². The van der Waals surface area contributed by atoms with Crippen LogP contribution in [0, 0.1) is 10.1 Å². The first kappa shape index (κ1) is 21.4. The third-order valence-electron chi connectivity index (χ3n) is 4.66. The summed E-state index contributed by atoms with van der Waals surface area (Å²) >= 11 is 0. The summed E-state index contributed by atoms with van der Waals surface area (Å²) in [7, 11) is -3.58. The summed E-state index contributed by atoms with van der Waals surface area (Å²) in [6.07, 6.45) is 3.75. The molecule has 3 rings (SSSR count). The van der Waals surface area contributed by atoms with Crippen LogP contribution in [0.3, 0.4) is 0 Å². The van der Waals surface area contributed by atoms with Crippen molar-refractivity contribution in [2.45, 2.75) is 24.2 Å². The van der Waals surface area contributed by atoms with Crippen molar-refractivity contribution in [3.63, 3.8) is 0 Å². The van der Waals surface area contributed by atoms with Crippen molar-refractivity contribution in [3.8, 4) is 5.75 Å². The maximum absolute atomic E-state index is 12.6. The molecular formula is C19H20N4O6S. The lowest BCUT2D eigenvalue weighted by Crippen LogP contribution is -2.35. The van der Waals surface area contributed by atoms with Gasteiger partial charge in [0, 0.05) is 36.3 Å². The third kappa shape index (κ3) is 4.81. The Morgan fingerprint density at radius 1 is 1.13 bits per heavy atom.